The first-order valence-corrected chi connectivity index (χ1v) is 12.6. The first-order chi connectivity index (χ1) is 15.0. The molecule has 32 heavy (non-hydrogen) atoms. The molecule has 4 atom stereocenters. The summed E-state index contributed by atoms with van der Waals surface area (Å²) in [5.74, 6) is 9.88. The molecule has 1 aliphatic heterocycles. The molecule has 2 aliphatic rings. The predicted molar refractivity (Wildman–Crippen MR) is 116 cm³/mol. The fourth-order valence-corrected chi connectivity index (χ4v) is 5.51. The predicted octanol–water partition coefficient (Wildman–Crippen LogP) is -0.111. The number of sulfone groups is 1. The maximum absolute atomic E-state index is 12.7. The first-order valence-electron chi connectivity index (χ1n) is 9.90. The van der Waals surface area contributed by atoms with Crippen LogP contribution in [0.15, 0.2) is 6.07 Å². The van der Waals surface area contributed by atoms with Gasteiger partial charge in [0.2, 0.25) is 0 Å². The highest BCUT2D eigenvalue weighted by molar-refractivity contribution is 7.92. The molecule has 1 aromatic rings. The summed E-state index contributed by atoms with van der Waals surface area (Å²) in [6.07, 6.45) is 0.105. The van der Waals surface area contributed by atoms with E-state index in [1.165, 1.54) is 28.6 Å². The standard InChI is InChI=1S/C21H24N2O7S2/c1-21(20(27)22-28,32(2,29)30)7-8-23-12-14-11-15(31-18(14)19(23)26)6-4-3-5-13-9-16(24)17(25)10-13/h11,13,16-17,24-25,28H,7-10,12H2,1-2H3,(H,22,27)/t13?,16-,17+,21?. The SMILES string of the molecule is CC(CCN1Cc2cc(C#CC#CC3C[C@@H](O)[C@@H](O)C3)sc2C1=O)(C(=O)NO)S(C)(=O)=O. The van der Waals surface area contributed by atoms with E-state index in [1.807, 2.05) is 0 Å². The van der Waals surface area contributed by atoms with Crippen LogP contribution >= 0.6 is 11.3 Å². The minimum atomic E-state index is -3.84. The van der Waals surface area contributed by atoms with E-state index in [9.17, 15) is 28.2 Å². The van der Waals surface area contributed by atoms with Gasteiger partial charge in [0.05, 0.1) is 22.0 Å². The average Bonchev–Trinajstić information content (AvgIpc) is 3.36. The van der Waals surface area contributed by atoms with E-state index in [0.717, 1.165) is 11.8 Å². The third kappa shape index (κ3) is 4.82. The number of hydrogen-bond acceptors (Lipinski definition) is 8. The number of hydroxylamine groups is 1. The summed E-state index contributed by atoms with van der Waals surface area (Å²) in [5.41, 5.74) is 2.16. The van der Waals surface area contributed by atoms with Gasteiger partial charge in [-0.1, -0.05) is 5.92 Å². The van der Waals surface area contributed by atoms with Crippen LogP contribution < -0.4 is 5.48 Å². The Labute approximate surface area is 190 Å². The Morgan fingerprint density at radius 3 is 2.53 bits per heavy atom. The van der Waals surface area contributed by atoms with Gasteiger partial charge in [0.25, 0.3) is 11.8 Å². The average molecular weight is 481 g/mol. The van der Waals surface area contributed by atoms with E-state index in [2.05, 4.69) is 23.7 Å². The van der Waals surface area contributed by atoms with Crippen LogP contribution in [-0.4, -0.2) is 70.3 Å². The summed E-state index contributed by atoms with van der Waals surface area (Å²) in [4.78, 5) is 27.3. The highest BCUT2D eigenvalue weighted by Gasteiger charge is 2.44. The molecule has 1 saturated carbocycles. The summed E-state index contributed by atoms with van der Waals surface area (Å²) in [6, 6.07) is 1.78. The third-order valence-electron chi connectivity index (χ3n) is 5.93. The van der Waals surface area contributed by atoms with Gasteiger partial charge in [0, 0.05) is 25.3 Å². The molecule has 0 saturated heterocycles. The maximum atomic E-state index is 12.7. The second-order valence-corrected chi connectivity index (χ2v) is 11.7. The van der Waals surface area contributed by atoms with Gasteiger partial charge in [-0.05, 0) is 55.6 Å². The summed E-state index contributed by atoms with van der Waals surface area (Å²) in [7, 11) is -3.84. The van der Waals surface area contributed by atoms with Crippen molar-refractivity contribution in [3.8, 4) is 23.7 Å². The van der Waals surface area contributed by atoms with E-state index in [0.29, 0.717) is 22.6 Å². The fraction of sp³-hybridized carbons (Fsp3) is 0.524. The maximum Gasteiger partial charge on any atom is 0.264 e. The molecule has 2 unspecified atom stereocenters. The Bertz CT molecular complexity index is 1140. The lowest BCUT2D eigenvalue weighted by molar-refractivity contribution is -0.131. The molecule has 2 amide bonds. The summed E-state index contributed by atoms with van der Waals surface area (Å²) < 4.78 is 22.3. The van der Waals surface area contributed by atoms with Crippen molar-refractivity contribution in [1.29, 1.82) is 0 Å². The van der Waals surface area contributed by atoms with Crippen LogP contribution in [0.3, 0.4) is 0 Å². The molecule has 9 nitrogen and oxygen atoms in total. The number of carbonyl (C=O) groups excluding carboxylic acids is 2. The van der Waals surface area contributed by atoms with Crippen molar-refractivity contribution >= 4 is 33.0 Å². The van der Waals surface area contributed by atoms with Crippen LogP contribution in [0.5, 0.6) is 0 Å². The van der Waals surface area contributed by atoms with E-state index < -0.39 is 32.7 Å². The molecule has 11 heteroatoms. The minimum absolute atomic E-state index is 0.0306. The van der Waals surface area contributed by atoms with Crippen molar-refractivity contribution in [1.82, 2.24) is 10.4 Å². The van der Waals surface area contributed by atoms with E-state index >= 15 is 0 Å². The Morgan fingerprint density at radius 2 is 1.97 bits per heavy atom. The lowest BCUT2D eigenvalue weighted by Gasteiger charge is -2.27. The normalized spacial score (nSPS) is 24.1. The van der Waals surface area contributed by atoms with Crippen LogP contribution in [0.4, 0.5) is 0 Å². The molecular formula is C21H24N2O7S2. The second kappa shape index (κ2) is 9.22. The van der Waals surface area contributed by atoms with Crippen LogP contribution in [-0.2, 0) is 21.2 Å². The number of thiophene rings is 1. The zero-order valence-corrected chi connectivity index (χ0v) is 19.2. The minimum Gasteiger partial charge on any atom is -0.390 e. The number of carbonyl (C=O) groups is 2. The molecule has 2 heterocycles. The second-order valence-electron chi connectivity index (χ2n) is 8.21. The van der Waals surface area contributed by atoms with Gasteiger partial charge in [0.15, 0.2) is 14.6 Å². The lowest BCUT2D eigenvalue weighted by atomic mass is 10.1. The number of rotatable bonds is 5. The van der Waals surface area contributed by atoms with Crippen LogP contribution in [0.25, 0.3) is 0 Å². The Hall–Kier alpha value is -2.41. The lowest BCUT2D eigenvalue weighted by Crippen LogP contribution is -2.50. The van der Waals surface area contributed by atoms with E-state index in [1.54, 1.807) is 6.07 Å². The smallest absolute Gasteiger partial charge is 0.264 e. The molecule has 1 aliphatic carbocycles. The van der Waals surface area contributed by atoms with E-state index in [-0.39, 0.29) is 31.3 Å². The van der Waals surface area contributed by atoms with Crippen molar-refractivity contribution < 1.29 is 33.4 Å². The largest absolute Gasteiger partial charge is 0.390 e. The number of nitrogens with one attached hydrogen (secondary N) is 1. The number of aliphatic hydroxyl groups excluding tert-OH is 2. The number of hydrogen-bond donors (Lipinski definition) is 4. The molecular weight excluding hydrogens is 456 g/mol. The molecule has 172 valence electrons. The van der Waals surface area contributed by atoms with Gasteiger partial charge in [-0.15, -0.1) is 11.3 Å². The molecule has 1 fully saturated rings. The number of amides is 2. The Balaban J connectivity index is 1.63. The topological polar surface area (TPSA) is 144 Å². The molecule has 0 aromatic carbocycles. The fourth-order valence-electron chi connectivity index (χ4n) is 3.67. The van der Waals surface area contributed by atoms with Crippen molar-refractivity contribution in [2.75, 3.05) is 12.8 Å². The molecule has 3 rings (SSSR count). The summed E-state index contributed by atoms with van der Waals surface area (Å²) >= 11 is 1.22. The summed E-state index contributed by atoms with van der Waals surface area (Å²) in [5, 5.41) is 28.0. The Kier molecular flexibility index (Phi) is 6.98. The molecule has 4 N–H and O–H groups in total. The molecule has 1 aromatic heterocycles. The number of aliphatic hydroxyl groups is 2. The van der Waals surface area contributed by atoms with Gasteiger partial charge in [0.1, 0.15) is 0 Å². The summed E-state index contributed by atoms with van der Waals surface area (Å²) in [6.45, 7) is 1.52. The van der Waals surface area contributed by atoms with Crippen molar-refractivity contribution in [3.05, 3.63) is 21.4 Å². The van der Waals surface area contributed by atoms with Crippen LogP contribution in [0, 0.1) is 29.6 Å². The third-order valence-corrected chi connectivity index (χ3v) is 9.04. The zero-order chi connectivity index (χ0) is 23.7. The number of nitrogens with zero attached hydrogens (tertiary/aromatic N) is 1. The molecule has 0 bridgehead atoms. The van der Waals surface area contributed by atoms with Crippen molar-refractivity contribution in [2.45, 2.75) is 49.7 Å². The zero-order valence-electron chi connectivity index (χ0n) is 17.6. The van der Waals surface area contributed by atoms with Gasteiger partial charge in [-0.3, -0.25) is 14.8 Å². The van der Waals surface area contributed by atoms with Gasteiger partial charge >= 0.3 is 0 Å². The van der Waals surface area contributed by atoms with Crippen molar-refractivity contribution in [3.63, 3.8) is 0 Å². The molecule has 0 spiro atoms. The van der Waals surface area contributed by atoms with Crippen LogP contribution in [0.1, 0.15) is 46.3 Å². The van der Waals surface area contributed by atoms with Gasteiger partial charge < -0.3 is 15.1 Å². The van der Waals surface area contributed by atoms with Crippen LogP contribution in [0.2, 0.25) is 0 Å². The van der Waals surface area contributed by atoms with Gasteiger partial charge in [-0.25, -0.2) is 13.9 Å². The number of fused-ring (bicyclic) bond motifs is 1. The van der Waals surface area contributed by atoms with E-state index in [4.69, 9.17) is 5.21 Å². The Morgan fingerprint density at radius 1 is 1.31 bits per heavy atom. The highest BCUT2D eigenvalue weighted by Crippen LogP contribution is 2.32. The quantitative estimate of drug-likeness (QED) is 0.261. The van der Waals surface area contributed by atoms with Crippen molar-refractivity contribution in [2.24, 2.45) is 5.92 Å². The van der Waals surface area contributed by atoms with Gasteiger partial charge in [-0.2, -0.15) is 0 Å². The monoisotopic (exact) mass is 480 g/mol. The first kappa shape index (κ1) is 24.2. The highest BCUT2D eigenvalue weighted by atomic mass is 32.2. The molecule has 0 radical (unpaired) electrons.